The lowest BCUT2D eigenvalue weighted by atomic mass is 10.2. The molecular formula is C9H21NOSi. The van der Waals surface area contributed by atoms with Crippen molar-refractivity contribution in [2.24, 2.45) is 5.73 Å². The van der Waals surface area contributed by atoms with Gasteiger partial charge >= 0.3 is 0 Å². The van der Waals surface area contributed by atoms with Gasteiger partial charge in [0.05, 0.1) is 8.07 Å². The lowest BCUT2D eigenvalue weighted by Gasteiger charge is -2.35. The summed E-state index contributed by atoms with van der Waals surface area (Å²) in [5, 5.41) is 0. The quantitative estimate of drug-likeness (QED) is 0.683. The van der Waals surface area contributed by atoms with E-state index in [2.05, 4.69) is 13.1 Å². The van der Waals surface area contributed by atoms with E-state index in [1.54, 1.807) is 0 Å². The van der Waals surface area contributed by atoms with E-state index in [0.717, 1.165) is 13.2 Å². The Morgan fingerprint density at radius 2 is 2.17 bits per heavy atom. The van der Waals surface area contributed by atoms with Gasteiger partial charge in [0.25, 0.3) is 0 Å². The Bertz CT molecular complexity index is 132. The van der Waals surface area contributed by atoms with Crippen molar-refractivity contribution in [1.29, 1.82) is 0 Å². The first-order chi connectivity index (χ1) is 5.67. The van der Waals surface area contributed by atoms with Crippen LogP contribution < -0.4 is 5.73 Å². The Labute approximate surface area is 76.5 Å². The molecular weight excluding hydrogens is 166 g/mol. The fraction of sp³-hybridized carbons (Fsp3) is 1.00. The number of nitrogens with two attached hydrogens (primary N) is 1. The third kappa shape index (κ3) is 2.57. The average molecular weight is 187 g/mol. The van der Waals surface area contributed by atoms with Crippen molar-refractivity contribution in [3.63, 3.8) is 0 Å². The molecule has 0 bridgehead atoms. The molecule has 72 valence electrons. The van der Waals surface area contributed by atoms with E-state index in [1.165, 1.54) is 25.3 Å². The van der Waals surface area contributed by atoms with Crippen LogP contribution in [0.4, 0.5) is 0 Å². The van der Waals surface area contributed by atoms with Gasteiger partial charge in [-0.15, -0.1) is 0 Å². The van der Waals surface area contributed by atoms with Crippen molar-refractivity contribution >= 4 is 8.07 Å². The van der Waals surface area contributed by atoms with Crippen LogP contribution in [0.25, 0.3) is 0 Å². The van der Waals surface area contributed by atoms with Crippen molar-refractivity contribution < 1.29 is 4.74 Å². The molecule has 0 aromatic carbocycles. The van der Waals surface area contributed by atoms with Gasteiger partial charge in [-0.25, -0.2) is 0 Å². The largest absolute Gasteiger partial charge is 0.382 e. The van der Waals surface area contributed by atoms with Crippen molar-refractivity contribution in [2.45, 2.75) is 44.1 Å². The van der Waals surface area contributed by atoms with Gasteiger partial charge in [0.2, 0.25) is 0 Å². The molecule has 2 N–H and O–H groups in total. The predicted molar refractivity (Wildman–Crippen MR) is 54.9 cm³/mol. The molecule has 1 heterocycles. The van der Waals surface area contributed by atoms with Gasteiger partial charge < -0.3 is 10.5 Å². The van der Waals surface area contributed by atoms with Crippen LogP contribution in [0, 0.1) is 0 Å². The fourth-order valence-electron chi connectivity index (χ4n) is 1.89. The van der Waals surface area contributed by atoms with Gasteiger partial charge in [-0.05, 0) is 31.9 Å². The van der Waals surface area contributed by atoms with Gasteiger partial charge in [0, 0.05) is 12.3 Å². The molecule has 0 aromatic heterocycles. The molecule has 1 fully saturated rings. The fourth-order valence-corrected chi connectivity index (χ4v) is 4.51. The summed E-state index contributed by atoms with van der Waals surface area (Å²) in [7, 11) is -1.15. The number of hydrogen-bond acceptors (Lipinski definition) is 2. The zero-order valence-electron chi connectivity index (χ0n) is 8.31. The summed E-state index contributed by atoms with van der Waals surface area (Å²) >= 11 is 0. The molecule has 0 aromatic rings. The van der Waals surface area contributed by atoms with Crippen molar-refractivity contribution in [1.82, 2.24) is 0 Å². The van der Waals surface area contributed by atoms with Crippen molar-refractivity contribution in [3.05, 3.63) is 0 Å². The normalized spacial score (nSPS) is 25.8. The smallest absolute Gasteiger partial charge is 0.0827 e. The lowest BCUT2D eigenvalue weighted by molar-refractivity contribution is 0.0598. The minimum Gasteiger partial charge on any atom is -0.382 e. The molecule has 0 saturated carbocycles. The van der Waals surface area contributed by atoms with Crippen molar-refractivity contribution in [2.75, 3.05) is 13.2 Å². The number of ether oxygens (including phenoxy) is 1. The molecule has 0 spiro atoms. The summed E-state index contributed by atoms with van der Waals surface area (Å²) in [5.41, 5.74) is 6.18. The third-order valence-corrected chi connectivity index (χ3v) is 6.62. The van der Waals surface area contributed by atoms with E-state index < -0.39 is 8.07 Å². The second-order valence-corrected chi connectivity index (χ2v) is 9.50. The van der Waals surface area contributed by atoms with Crippen LogP contribution in [0.5, 0.6) is 0 Å². The topological polar surface area (TPSA) is 35.2 Å². The molecule has 1 rings (SSSR count). The molecule has 1 saturated heterocycles. The zero-order chi connectivity index (χ0) is 9.03. The Kier molecular flexibility index (Phi) is 3.74. The molecule has 1 unspecified atom stereocenters. The van der Waals surface area contributed by atoms with E-state index >= 15 is 0 Å². The highest BCUT2D eigenvalue weighted by Gasteiger charge is 2.32. The first-order valence-electron chi connectivity index (χ1n) is 4.98. The molecule has 0 amide bonds. The number of hydrogen-bond donors (Lipinski definition) is 1. The summed E-state index contributed by atoms with van der Waals surface area (Å²) < 4.78 is 5.80. The Morgan fingerprint density at radius 3 is 2.67 bits per heavy atom. The highest BCUT2D eigenvalue weighted by molar-refractivity contribution is 6.78. The van der Waals surface area contributed by atoms with E-state index in [0.29, 0.717) is 5.73 Å². The van der Waals surface area contributed by atoms with E-state index in [-0.39, 0.29) is 0 Å². The van der Waals surface area contributed by atoms with Crippen LogP contribution in [0.2, 0.25) is 19.1 Å². The Balaban J connectivity index is 2.41. The highest BCUT2D eigenvalue weighted by Crippen LogP contribution is 2.24. The van der Waals surface area contributed by atoms with Crippen LogP contribution in [-0.4, -0.2) is 27.0 Å². The average Bonchev–Trinajstić information content (AvgIpc) is 2.06. The molecule has 12 heavy (non-hydrogen) atoms. The van der Waals surface area contributed by atoms with E-state index in [1.807, 2.05) is 0 Å². The predicted octanol–water partition coefficient (Wildman–Crippen LogP) is 1.76. The minimum absolute atomic E-state index is 0.579. The minimum atomic E-state index is -1.15. The first-order valence-corrected chi connectivity index (χ1v) is 8.27. The molecule has 0 aliphatic carbocycles. The van der Waals surface area contributed by atoms with Gasteiger partial charge in [-0.3, -0.25) is 0 Å². The molecule has 0 radical (unpaired) electrons. The number of rotatable bonds is 3. The molecule has 1 atom stereocenters. The van der Waals surface area contributed by atoms with Gasteiger partial charge in [0.15, 0.2) is 0 Å². The monoisotopic (exact) mass is 187 g/mol. The van der Waals surface area contributed by atoms with E-state index in [9.17, 15) is 0 Å². The third-order valence-electron chi connectivity index (χ3n) is 2.84. The SMILES string of the molecule is C[Si](C)(CCN)C1CCCCO1. The van der Waals surface area contributed by atoms with Gasteiger partial charge in [-0.1, -0.05) is 13.1 Å². The Hall–Kier alpha value is 0.137. The summed E-state index contributed by atoms with van der Waals surface area (Å²) in [6.45, 7) is 6.61. The summed E-state index contributed by atoms with van der Waals surface area (Å²) in [6, 6.07) is 1.21. The molecule has 1 aliphatic heterocycles. The van der Waals surface area contributed by atoms with Gasteiger partial charge in [0.1, 0.15) is 0 Å². The Morgan fingerprint density at radius 1 is 1.42 bits per heavy atom. The molecule has 2 nitrogen and oxygen atoms in total. The van der Waals surface area contributed by atoms with Crippen LogP contribution in [-0.2, 0) is 4.74 Å². The summed E-state index contributed by atoms with van der Waals surface area (Å²) in [5.74, 6) is 0. The highest BCUT2D eigenvalue weighted by atomic mass is 28.3. The van der Waals surface area contributed by atoms with E-state index in [4.69, 9.17) is 10.5 Å². The maximum absolute atomic E-state index is 5.80. The van der Waals surface area contributed by atoms with Crippen LogP contribution >= 0.6 is 0 Å². The molecule has 3 heteroatoms. The molecule has 1 aliphatic rings. The second kappa shape index (κ2) is 4.39. The second-order valence-electron chi connectivity index (χ2n) is 4.38. The summed E-state index contributed by atoms with van der Waals surface area (Å²) in [6.07, 6.45) is 3.88. The maximum atomic E-state index is 5.80. The van der Waals surface area contributed by atoms with Crippen molar-refractivity contribution in [3.8, 4) is 0 Å². The van der Waals surface area contributed by atoms with Gasteiger partial charge in [-0.2, -0.15) is 0 Å². The van der Waals surface area contributed by atoms with Crippen LogP contribution in [0.3, 0.4) is 0 Å². The lowest BCUT2D eigenvalue weighted by Crippen LogP contribution is -2.46. The maximum Gasteiger partial charge on any atom is 0.0827 e. The first kappa shape index (κ1) is 10.2. The summed E-state index contributed by atoms with van der Waals surface area (Å²) in [4.78, 5) is 0. The van der Waals surface area contributed by atoms with Crippen LogP contribution in [0.1, 0.15) is 19.3 Å². The standard InChI is InChI=1S/C9H21NOSi/c1-12(2,8-6-10)9-5-3-4-7-11-9/h9H,3-8,10H2,1-2H3. The zero-order valence-corrected chi connectivity index (χ0v) is 9.31. The van der Waals surface area contributed by atoms with Crippen LogP contribution in [0.15, 0.2) is 0 Å².